The fourth-order valence-electron chi connectivity index (χ4n) is 4.17. The summed E-state index contributed by atoms with van der Waals surface area (Å²) in [4.78, 5) is 28.3. The van der Waals surface area contributed by atoms with Crippen molar-refractivity contribution in [1.29, 1.82) is 0 Å². The van der Waals surface area contributed by atoms with Crippen LogP contribution < -0.4 is 4.74 Å². The third-order valence-electron chi connectivity index (χ3n) is 6.14. The number of ether oxygens (including phenoxy) is 2. The van der Waals surface area contributed by atoms with Crippen molar-refractivity contribution in [2.45, 2.75) is 20.8 Å². The van der Waals surface area contributed by atoms with Crippen LogP contribution in [-0.4, -0.2) is 61.7 Å². The Balaban J connectivity index is 1.58. The van der Waals surface area contributed by atoms with Crippen LogP contribution in [0.5, 0.6) is 5.75 Å². The van der Waals surface area contributed by atoms with E-state index in [2.05, 4.69) is 31.2 Å². The van der Waals surface area contributed by atoms with Crippen LogP contribution in [-0.2, 0) is 9.53 Å². The van der Waals surface area contributed by atoms with Crippen LogP contribution in [0.1, 0.15) is 25.0 Å². The highest BCUT2D eigenvalue weighted by Gasteiger charge is 2.24. The van der Waals surface area contributed by atoms with Crippen molar-refractivity contribution in [3.05, 3.63) is 59.9 Å². The molecule has 34 heavy (non-hydrogen) atoms. The van der Waals surface area contributed by atoms with Crippen LogP contribution in [0.25, 0.3) is 27.7 Å². The molecule has 1 saturated heterocycles. The maximum Gasteiger partial charge on any atom is 0.409 e. The van der Waals surface area contributed by atoms with E-state index in [1.54, 1.807) is 36.2 Å². The molecule has 0 N–H and O–H groups in total. The largest absolute Gasteiger partial charge is 0.496 e. The van der Waals surface area contributed by atoms with Gasteiger partial charge in [0, 0.05) is 54.8 Å². The quantitative estimate of drug-likeness (QED) is 0.492. The van der Waals surface area contributed by atoms with Gasteiger partial charge in [-0.2, -0.15) is 0 Å². The fraction of sp³-hybridized carbons (Fsp3) is 0.333. The Morgan fingerprint density at radius 1 is 1.06 bits per heavy atom. The second-order valence-electron chi connectivity index (χ2n) is 8.40. The molecule has 7 nitrogen and oxygen atoms in total. The number of amides is 2. The van der Waals surface area contributed by atoms with Crippen LogP contribution in [0.15, 0.2) is 53.2 Å². The highest BCUT2D eigenvalue weighted by molar-refractivity contribution is 6.00. The molecule has 178 valence electrons. The molecule has 7 heteroatoms. The molecule has 2 amide bonds. The van der Waals surface area contributed by atoms with Crippen molar-refractivity contribution < 1.29 is 23.5 Å². The van der Waals surface area contributed by atoms with Gasteiger partial charge in [0.25, 0.3) is 0 Å². The Labute approximate surface area is 199 Å². The number of hydrogen-bond acceptors (Lipinski definition) is 5. The van der Waals surface area contributed by atoms with Gasteiger partial charge < -0.3 is 23.7 Å². The van der Waals surface area contributed by atoms with E-state index in [1.807, 2.05) is 19.1 Å². The minimum Gasteiger partial charge on any atom is -0.496 e. The topological polar surface area (TPSA) is 72.2 Å². The fourth-order valence-corrected chi connectivity index (χ4v) is 4.17. The van der Waals surface area contributed by atoms with Gasteiger partial charge >= 0.3 is 6.09 Å². The number of piperazine rings is 1. The number of fused-ring (bicyclic) bond motifs is 1. The van der Waals surface area contributed by atoms with Gasteiger partial charge in [-0.15, -0.1) is 0 Å². The Bertz CT molecular complexity index is 1220. The summed E-state index contributed by atoms with van der Waals surface area (Å²) in [6.45, 7) is 7.94. The lowest BCUT2D eigenvalue weighted by Crippen LogP contribution is -2.50. The lowest BCUT2D eigenvalue weighted by molar-refractivity contribution is -0.127. The zero-order valence-electron chi connectivity index (χ0n) is 20.1. The highest BCUT2D eigenvalue weighted by atomic mass is 16.6. The molecule has 1 aliphatic rings. The summed E-state index contributed by atoms with van der Waals surface area (Å²) < 4.78 is 16.5. The second kappa shape index (κ2) is 10.0. The summed E-state index contributed by atoms with van der Waals surface area (Å²) in [5.41, 5.74) is 5.62. The molecule has 0 unspecified atom stereocenters. The molecule has 4 rings (SSSR count). The summed E-state index contributed by atoms with van der Waals surface area (Å²) in [7, 11) is 1.61. The Hall–Kier alpha value is -3.74. The van der Waals surface area contributed by atoms with E-state index in [9.17, 15) is 9.59 Å². The van der Waals surface area contributed by atoms with Crippen molar-refractivity contribution in [3.63, 3.8) is 0 Å². The number of nitrogens with zero attached hydrogens (tertiary/aromatic N) is 2. The van der Waals surface area contributed by atoms with Gasteiger partial charge in [0.15, 0.2) is 0 Å². The van der Waals surface area contributed by atoms with Crippen molar-refractivity contribution in [3.8, 4) is 16.9 Å². The first-order valence-corrected chi connectivity index (χ1v) is 11.5. The van der Waals surface area contributed by atoms with Gasteiger partial charge in [-0.05, 0) is 38.0 Å². The second-order valence-corrected chi connectivity index (χ2v) is 8.40. The molecular formula is C27H30N2O5. The van der Waals surface area contributed by atoms with E-state index < -0.39 is 0 Å². The minimum absolute atomic E-state index is 0.0888. The average molecular weight is 463 g/mol. The first kappa shape index (κ1) is 23.4. The van der Waals surface area contributed by atoms with Gasteiger partial charge in [0.05, 0.1) is 20.0 Å². The van der Waals surface area contributed by atoms with Crippen molar-refractivity contribution >= 4 is 28.5 Å². The van der Waals surface area contributed by atoms with Gasteiger partial charge in [-0.1, -0.05) is 29.8 Å². The van der Waals surface area contributed by atoms with Crippen LogP contribution in [0.3, 0.4) is 0 Å². The van der Waals surface area contributed by atoms with E-state index in [0.717, 1.165) is 33.2 Å². The molecular weight excluding hydrogens is 432 g/mol. The van der Waals surface area contributed by atoms with E-state index in [1.165, 1.54) is 5.56 Å². The maximum absolute atomic E-state index is 13.0. The molecule has 0 radical (unpaired) electrons. The zero-order valence-corrected chi connectivity index (χ0v) is 20.1. The van der Waals surface area contributed by atoms with E-state index in [-0.39, 0.29) is 12.0 Å². The van der Waals surface area contributed by atoms with Crippen LogP contribution in [0, 0.1) is 6.92 Å². The summed E-state index contributed by atoms with van der Waals surface area (Å²) in [6, 6.07) is 12.2. The van der Waals surface area contributed by atoms with Crippen molar-refractivity contribution in [1.82, 2.24) is 9.80 Å². The standard InChI is InChI=1S/C27H30N2O5/c1-5-33-27(31)29-12-10-28(11-13-29)26(30)14-19(3)21-15-22-23(20-8-6-18(2)7-9-20)17-34-25(22)16-24(21)32-4/h6-9,14-17H,5,10-13H2,1-4H3/b19-14+. The third kappa shape index (κ3) is 4.78. The number of carbonyl (C=O) groups excluding carboxylic acids is 2. The molecule has 0 aliphatic carbocycles. The summed E-state index contributed by atoms with van der Waals surface area (Å²) in [5, 5.41) is 0.961. The monoisotopic (exact) mass is 462 g/mol. The molecule has 3 aromatic rings. The normalized spacial score (nSPS) is 14.4. The summed E-state index contributed by atoms with van der Waals surface area (Å²) in [5.74, 6) is 0.556. The number of hydrogen-bond donors (Lipinski definition) is 0. The third-order valence-corrected chi connectivity index (χ3v) is 6.14. The van der Waals surface area contributed by atoms with Gasteiger partial charge in [0.2, 0.25) is 5.91 Å². The molecule has 1 aliphatic heterocycles. The number of methoxy groups -OCH3 is 1. The molecule has 2 heterocycles. The number of allylic oxidation sites excluding steroid dienone is 1. The molecule has 0 saturated carbocycles. The lowest BCUT2D eigenvalue weighted by Gasteiger charge is -2.33. The summed E-state index contributed by atoms with van der Waals surface area (Å²) >= 11 is 0. The molecule has 0 atom stereocenters. The molecule has 2 aromatic carbocycles. The Morgan fingerprint density at radius 2 is 1.74 bits per heavy atom. The molecule has 1 fully saturated rings. The van der Waals surface area contributed by atoms with Crippen LogP contribution in [0.4, 0.5) is 4.79 Å². The van der Waals surface area contributed by atoms with Crippen molar-refractivity contribution in [2.24, 2.45) is 0 Å². The SMILES string of the molecule is CCOC(=O)N1CCN(C(=O)/C=C(\C)c2cc3c(-c4ccc(C)cc4)coc3cc2OC)CC1. The Morgan fingerprint density at radius 3 is 2.38 bits per heavy atom. The number of benzene rings is 2. The first-order chi connectivity index (χ1) is 16.4. The molecule has 0 spiro atoms. The molecule has 0 bridgehead atoms. The number of aryl methyl sites for hydroxylation is 1. The van der Waals surface area contributed by atoms with Gasteiger partial charge in [-0.3, -0.25) is 4.79 Å². The van der Waals surface area contributed by atoms with E-state index >= 15 is 0 Å². The minimum atomic E-state index is -0.330. The molecule has 1 aromatic heterocycles. The number of furan rings is 1. The zero-order chi connectivity index (χ0) is 24.2. The smallest absolute Gasteiger partial charge is 0.409 e. The summed E-state index contributed by atoms with van der Waals surface area (Å²) in [6.07, 6.45) is 3.06. The maximum atomic E-state index is 13.0. The number of carbonyl (C=O) groups is 2. The predicted molar refractivity (Wildman–Crippen MR) is 132 cm³/mol. The van der Waals surface area contributed by atoms with Crippen molar-refractivity contribution in [2.75, 3.05) is 39.9 Å². The van der Waals surface area contributed by atoms with E-state index in [4.69, 9.17) is 13.9 Å². The predicted octanol–water partition coefficient (Wildman–Crippen LogP) is 5.12. The van der Waals surface area contributed by atoms with Gasteiger partial charge in [-0.25, -0.2) is 4.79 Å². The first-order valence-electron chi connectivity index (χ1n) is 11.5. The highest BCUT2D eigenvalue weighted by Crippen LogP contribution is 2.37. The van der Waals surface area contributed by atoms with Crippen LogP contribution >= 0.6 is 0 Å². The van der Waals surface area contributed by atoms with E-state index in [0.29, 0.717) is 38.5 Å². The lowest BCUT2D eigenvalue weighted by atomic mass is 9.98. The van der Waals surface area contributed by atoms with Crippen LogP contribution in [0.2, 0.25) is 0 Å². The Kier molecular flexibility index (Phi) is 6.91. The van der Waals surface area contributed by atoms with Gasteiger partial charge in [0.1, 0.15) is 11.3 Å². The number of rotatable bonds is 5. The average Bonchev–Trinajstić information content (AvgIpc) is 3.26.